The van der Waals surface area contributed by atoms with Crippen molar-refractivity contribution >= 4 is 5.91 Å². The molecule has 1 atom stereocenters. The minimum absolute atomic E-state index is 0.108. The van der Waals surface area contributed by atoms with Crippen LogP contribution in [0.15, 0.2) is 55.2 Å². The fraction of sp³-hybridized carbons (Fsp3) is 0.222. The van der Waals surface area contributed by atoms with Crippen molar-refractivity contribution in [2.75, 3.05) is 19.7 Å². The normalized spacial score (nSPS) is 17.3. The Balaban J connectivity index is 1.48. The highest BCUT2D eigenvalue weighted by Gasteiger charge is 2.26. The summed E-state index contributed by atoms with van der Waals surface area (Å²) >= 11 is 0. The van der Waals surface area contributed by atoms with E-state index in [1.807, 2.05) is 0 Å². The molecule has 1 fully saturated rings. The standard InChI is InChI=1S/C18H16FN5O2/c19-15-4-1-13(2-5-15)16-10-23(7-8-26-16)18(25)14-3-6-17(20-9-14)24-11-21-22-12-24/h1-6,9,11-12,16H,7-8,10H2. The van der Waals surface area contributed by atoms with E-state index >= 15 is 0 Å². The predicted molar refractivity (Wildman–Crippen MR) is 90.2 cm³/mol. The number of hydrogen-bond acceptors (Lipinski definition) is 5. The molecule has 1 aromatic carbocycles. The van der Waals surface area contributed by atoms with Crippen LogP contribution in [0.3, 0.4) is 0 Å². The number of hydrogen-bond donors (Lipinski definition) is 0. The fourth-order valence-electron chi connectivity index (χ4n) is 2.88. The fourth-order valence-corrected chi connectivity index (χ4v) is 2.88. The van der Waals surface area contributed by atoms with Gasteiger partial charge < -0.3 is 9.64 Å². The van der Waals surface area contributed by atoms with Crippen LogP contribution in [0.1, 0.15) is 22.0 Å². The number of rotatable bonds is 3. The number of halogens is 1. The van der Waals surface area contributed by atoms with Crippen LogP contribution in [0.5, 0.6) is 0 Å². The summed E-state index contributed by atoms with van der Waals surface area (Å²) in [4.78, 5) is 18.8. The molecule has 1 aliphatic heterocycles. The highest BCUT2D eigenvalue weighted by atomic mass is 19.1. The Hall–Kier alpha value is -3.13. The second-order valence-electron chi connectivity index (χ2n) is 5.94. The molecule has 1 amide bonds. The second-order valence-corrected chi connectivity index (χ2v) is 5.94. The summed E-state index contributed by atoms with van der Waals surface area (Å²) in [5, 5.41) is 7.47. The van der Waals surface area contributed by atoms with Gasteiger partial charge in [-0.1, -0.05) is 12.1 Å². The molecular formula is C18H16FN5O2. The summed E-state index contributed by atoms with van der Waals surface area (Å²) in [5.41, 5.74) is 1.35. The van der Waals surface area contributed by atoms with Crippen molar-refractivity contribution in [2.45, 2.75) is 6.10 Å². The van der Waals surface area contributed by atoms with Gasteiger partial charge in [0.05, 0.1) is 18.7 Å². The number of aromatic nitrogens is 4. The van der Waals surface area contributed by atoms with E-state index < -0.39 is 0 Å². The molecule has 3 heterocycles. The Morgan fingerprint density at radius 2 is 1.88 bits per heavy atom. The van der Waals surface area contributed by atoms with Crippen molar-refractivity contribution in [2.24, 2.45) is 0 Å². The van der Waals surface area contributed by atoms with E-state index in [1.165, 1.54) is 12.1 Å². The zero-order valence-corrected chi connectivity index (χ0v) is 13.8. The average molecular weight is 353 g/mol. The SMILES string of the molecule is O=C(c1ccc(-n2cnnc2)nc1)N1CCOC(c2ccc(F)cc2)C1. The Kier molecular flexibility index (Phi) is 4.40. The average Bonchev–Trinajstić information content (AvgIpc) is 3.23. The number of morpholine rings is 1. The van der Waals surface area contributed by atoms with Crippen molar-refractivity contribution in [1.29, 1.82) is 0 Å². The predicted octanol–water partition coefficient (Wildman–Crippen LogP) is 2.02. The smallest absolute Gasteiger partial charge is 0.255 e. The topological polar surface area (TPSA) is 73.1 Å². The van der Waals surface area contributed by atoms with E-state index in [0.29, 0.717) is 31.1 Å². The van der Waals surface area contributed by atoms with E-state index in [0.717, 1.165) is 5.56 Å². The zero-order valence-electron chi connectivity index (χ0n) is 13.8. The molecule has 0 radical (unpaired) electrons. The van der Waals surface area contributed by atoms with E-state index in [4.69, 9.17) is 4.74 Å². The third-order valence-electron chi connectivity index (χ3n) is 4.27. The van der Waals surface area contributed by atoms with Gasteiger partial charge in [-0.05, 0) is 29.8 Å². The molecule has 0 spiro atoms. The molecule has 1 aliphatic rings. The molecule has 3 aromatic rings. The number of carbonyl (C=O) groups is 1. The molecule has 1 unspecified atom stereocenters. The number of nitrogens with zero attached hydrogens (tertiary/aromatic N) is 5. The molecule has 1 saturated heterocycles. The number of ether oxygens (including phenoxy) is 1. The molecule has 132 valence electrons. The van der Waals surface area contributed by atoms with E-state index in [9.17, 15) is 9.18 Å². The van der Waals surface area contributed by atoms with Crippen LogP contribution in [0, 0.1) is 5.82 Å². The van der Waals surface area contributed by atoms with Gasteiger partial charge in [0.2, 0.25) is 0 Å². The maximum atomic E-state index is 13.1. The number of amides is 1. The Morgan fingerprint density at radius 1 is 1.12 bits per heavy atom. The van der Waals surface area contributed by atoms with Crippen molar-refractivity contribution in [3.8, 4) is 5.82 Å². The van der Waals surface area contributed by atoms with Gasteiger partial charge in [-0.25, -0.2) is 9.37 Å². The Labute approximate surface area is 149 Å². The van der Waals surface area contributed by atoms with Crippen LogP contribution < -0.4 is 0 Å². The monoisotopic (exact) mass is 353 g/mol. The van der Waals surface area contributed by atoms with Gasteiger partial charge in [-0.2, -0.15) is 0 Å². The Morgan fingerprint density at radius 3 is 2.58 bits per heavy atom. The molecule has 4 rings (SSSR count). The van der Waals surface area contributed by atoms with Gasteiger partial charge in [0, 0.05) is 12.7 Å². The third-order valence-corrected chi connectivity index (χ3v) is 4.27. The van der Waals surface area contributed by atoms with Crippen LogP contribution in [0.4, 0.5) is 4.39 Å². The molecule has 0 bridgehead atoms. The number of benzene rings is 1. The maximum Gasteiger partial charge on any atom is 0.255 e. The van der Waals surface area contributed by atoms with Crippen LogP contribution in [0.25, 0.3) is 5.82 Å². The van der Waals surface area contributed by atoms with Gasteiger partial charge in [0.25, 0.3) is 5.91 Å². The van der Waals surface area contributed by atoms with Crippen LogP contribution >= 0.6 is 0 Å². The summed E-state index contributed by atoms with van der Waals surface area (Å²) in [7, 11) is 0. The third kappa shape index (κ3) is 3.31. The van der Waals surface area contributed by atoms with Gasteiger partial charge in [0.1, 0.15) is 30.4 Å². The molecule has 26 heavy (non-hydrogen) atoms. The van der Waals surface area contributed by atoms with Crippen molar-refractivity contribution < 1.29 is 13.9 Å². The van der Waals surface area contributed by atoms with Crippen molar-refractivity contribution in [3.63, 3.8) is 0 Å². The highest BCUT2D eigenvalue weighted by Crippen LogP contribution is 2.23. The van der Waals surface area contributed by atoms with Crippen molar-refractivity contribution in [1.82, 2.24) is 24.6 Å². The van der Waals surface area contributed by atoms with E-state index in [1.54, 1.807) is 52.6 Å². The molecule has 0 saturated carbocycles. The first-order chi connectivity index (χ1) is 12.7. The van der Waals surface area contributed by atoms with Crippen LogP contribution in [-0.4, -0.2) is 50.3 Å². The van der Waals surface area contributed by atoms with Crippen LogP contribution in [-0.2, 0) is 4.74 Å². The van der Waals surface area contributed by atoms with Crippen LogP contribution in [0.2, 0.25) is 0 Å². The summed E-state index contributed by atoms with van der Waals surface area (Å²) in [6, 6.07) is 9.63. The highest BCUT2D eigenvalue weighted by molar-refractivity contribution is 5.94. The van der Waals surface area contributed by atoms with E-state index in [2.05, 4.69) is 15.2 Å². The van der Waals surface area contributed by atoms with Gasteiger partial charge in [-0.15, -0.1) is 10.2 Å². The summed E-state index contributed by atoms with van der Waals surface area (Å²) in [5.74, 6) is 0.234. The molecule has 7 nitrogen and oxygen atoms in total. The van der Waals surface area contributed by atoms with Gasteiger partial charge in [-0.3, -0.25) is 9.36 Å². The lowest BCUT2D eigenvalue weighted by atomic mass is 10.1. The summed E-state index contributed by atoms with van der Waals surface area (Å²) in [6.07, 6.45) is 4.36. The number of carbonyl (C=O) groups excluding carboxylic acids is 1. The first kappa shape index (κ1) is 16.3. The molecule has 2 aromatic heterocycles. The minimum atomic E-state index is -0.295. The molecule has 0 N–H and O–H groups in total. The largest absolute Gasteiger partial charge is 0.370 e. The lowest BCUT2D eigenvalue weighted by Crippen LogP contribution is -2.42. The number of pyridine rings is 1. The lowest BCUT2D eigenvalue weighted by molar-refractivity contribution is -0.0228. The quantitative estimate of drug-likeness (QED) is 0.720. The van der Waals surface area contributed by atoms with Crippen molar-refractivity contribution in [3.05, 3.63) is 72.2 Å². The lowest BCUT2D eigenvalue weighted by Gasteiger charge is -2.33. The summed E-state index contributed by atoms with van der Waals surface area (Å²) in [6.45, 7) is 1.35. The molecular weight excluding hydrogens is 337 g/mol. The second kappa shape index (κ2) is 7.01. The summed E-state index contributed by atoms with van der Waals surface area (Å²) < 4.78 is 20.5. The first-order valence-electron chi connectivity index (χ1n) is 8.18. The first-order valence-corrected chi connectivity index (χ1v) is 8.18. The Bertz CT molecular complexity index is 881. The maximum absolute atomic E-state index is 13.1. The molecule has 8 heteroatoms. The van der Waals surface area contributed by atoms with Gasteiger partial charge in [0.15, 0.2) is 0 Å². The minimum Gasteiger partial charge on any atom is -0.370 e. The molecule has 0 aliphatic carbocycles. The van der Waals surface area contributed by atoms with E-state index in [-0.39, 0.29) is 17.8 Å². The van der Waals surface area contributed by atoms with Gasteiger partial charge >= 0.3 is 0 Å². The zero-order chi connectivity index (χ0) is 17.9.